The monoisotopic (exact) mass is 206 g/mol. The summed E-state index contributed by atoms with van der Waals surface area (Å²) in [6.45, 7) is -5.57. The van der Waals surface area contributed by atoms with Crippen molar-refractivity contribution in [3.63, 3.8) is 0 Å². The fourth-order valence-electron chi connectivity index (χ4n) is 1.56. The predicted octanol–water partition coefficient (Wildman–Crippen LogP) is 2.63. The zero-order chi connectivity index (χ0) is 10.3. The lowest BCUT2D eigenvalue weighted by Crippen LogP contribution is -2.72. The number of rotatable bonds is 3. The molecular weight excluding hydrogens is 198 g/mol. The summed E-state index contributed by atoms with van der Waals surface area (Å²) >= 11 is 0. The molecule has 1 rings (SSSR count). The van der Waals surface area contributed by atoms with Crippen molar-refractivity contribution in [1.82, 2.24) is 0 Å². The van der Waals surface area contributed by atoms with Crippen LogP contribution in [0, 0.1) is 5.41 Å². The summed E-state index contributed by atoms with van der Waals surface area (Å²) in [6.07, 6.45) is -1.44. The van der Waals surface area contributed by atoms with E-state index in [1.807, 2.05) is 0 Å². The SMILES string of the molecule is FCC1(F)CC(F)(F)C1(CF)CF. The van der Waals surface area contributed by atoms with Gasteiger partial charge >= 0.3 is 0 Å². The van der Waals surface area contributed by atoms with Crippen molar-refractivity contribution >= 4 is 0 Å². The van der Waals surface area contributed by atoms with Crippen LogP contribution in [0.3, 0.4) is 0 Å². The molecule has 0 N–H and O–H groups in total. The lowest BCUT2D eigenvalue weighted by molar-refractivity contribution is -0.310. The molecule has 0 spiro atoms. The lowest BCUT2D eigenvalue weighted by atomic mass is 9.56. The number of alkyl halides is 6. The van der Waals surface area contributed by atoms with Gasteiger partial charge in [0, 0.05) is 6.42 Å². The maximum atomic E-state index is 13.1. The largest absolute Gasteiger partial charge is 0.265 e. The molecule has 13 heavy (non-hydrogen) atoms. The highest BCUT2D eigenvalue weighted by Crippen LogP contribution is 2.63. The Morgan fingerprint density at radius 3 is 1.46 bits per heavy atom. The highest BCUT2D eigenvalue weighted by molar-refractivity contribution is 5.18. The van der Waals surface area contributed by atoms with E-state index in [0.29, 0.717) is 0 Å². The van der Waals surface area contributed by atoms with Gasteiger partial charge in [-0.3, -0.25) is 8.78 Å². The van der Waals surface area contributed by atoms with Gasteiger partial charge in [-0.2, -0.15) is 0 Å². The maximum Gasteiger partial charge on any atom is 0.265 e. The van der Waals surface area contributed by atoms with Crippen molar-refractivity contribution in [2.75, 3.05) is 20.0 Å². The standard InChI is InChI=1S/C7H8F6/c8-2-5(3-9)6(11,4-10)1-7(5,12)13/h1-4H2. The summed E-state index contributed by atoms with van der Waals surface area (Å²) in [4.78, 5) is 0. The molecule has 6 heteroatoms. The summed E-state index contributed by atoms with van der Waals surface area (Å²) < 4.78 is 74.7. The highest BCUT2D eigenvalue weighted by Gasteiger charge is 2.78. The molecule has 0 nitrogen and oxygen atoms in total. The van der Waals surface area contributed by atoms with Gasteiger partial charge in [0.15, 0.2) is 5.67 Å². The van der Waals surface area contributed by atoms with Crippen LogP contribution in [0.15, 0.2) is 0 Å². The number of halogens is 6. The van der Waals surface area contributed by atoms with Gasteiger partial charge in [0.2, 0.25) is 0 Å². The van der Waals surface area contributed by atoms with Crippen LogP contribution in [0.4, 0.5) is 26.3 Å². The fraction of sp³-hybridized carbons (Fsp3) is 1.00. The van der Waals surface area contributed by atoms with Gasteiger partial charge in [-0.1, -0.05) is 0 Å². The van der Waals surface area contributed by atoms with Crippen molar-refractivity contribution in [3.8, 4) is 0 Å². The van der Waals surface area contributed by atoms with Crippen LogP contribution in [0.2, 0.25) is 0 Å². The first kappa shape index (κ1) is 10.7. The molecule has 0 aliphatic heterocycles. The van der Waals surface area contributed by atoms with E-state index in [0.717, 1.165) is 0 Å². The van der Waals surface area contributed by atoms with Crippen LogP contribution in [-0.4, -0.2) is 31.6 Å². The first-order valence-electron chi connectivity index (χ1n) is 3.64. The molecule has 1 aliphatic rings. The third kappa shape index (κ3) is 1.00. The van der Waals surface area contributed by atoms with Crippen molar-refractivity contribution in [2.24, 2.45) is 5.41 Å². The van der Waals surface area contributed by atoms with E-state index in [-0.39, 0.29) is 0 Å². The average Bonchev–Trinajstić information content (AvgIpc) is 2.05. The Hall–Kier alpha value is -0.420. The molecule has 1 saturated carbocycles. The minimum absolute atomic E-state index is 1.44. The minimum atomic E-state index is -3.79. The van der Waals surface area contributed by atoms with Gasteiger partial charge in [-0.25, -0.2) is 17.6 Å². The van der Waals surface area contributed by atoms with Gasteiger partial charge in [0.25, 0.3) is 5.92 Å². The summed E-state index contributed by atoms with van der Waals surface area (Å²) in [7, 11) is 0. The Bertz CT molecular complexity index is 199. The van der Waals surface area contributed by atoms with Gasteiger partial charge < -0.3 is 0 Å². The first-order valence-corrected chi connectivity index (χ1v) is 3.64. The van der Waals surface area contributed by atoms with Gasteiger partial charge in [-0.15, -0.1) is 0 Å². The molecule has 0 aromatic rings. The molecular formula is C7H8F6. The fourth-order valence-corrected chi connectivity index (χ4v) is 1.56. The van der Waals surface area contributed by atoms with E-state index in [2.05, 4.69) is 0 Å². The second-order valence-electron chi connectivity index (χ2n) is 3.33. The molecule has 0 bridgehead atoms. The number of hydrogen-bond acceptors (Lipinski definition) is 0. The molecule has 78 valence electrons. The molecule has 0 heterocycles. The van der Waals surface area contributed by atoms with Crippen molar-refractivity contribution in [2.45, 2.75) is 18.0 Å². The Kier molecular flexibility index (Phi) is 2.28. The van der Waals surface area contributed by atoms with Crippen molar-refractivity contribution in [1.29, 1.82) is 0 Å². The predicted molar refractivity (Wildman–Crippen MR) is 33.8 cm³/mol. The first-order chi connectivity index (χ1) is 5.89. The van der Waals surface area contributed by atoms with Gasteiger partial charge in [-0.05, 0) is 0 Å². The zero-order valence-electron chi connectivity index (χ0n) is 6.60. The van der Waals surface area contributed by atoms with E-state index >= 15 is 0 Å². The molecule has 0 radical (unpaired) electrons. The van der Waals surface area contributed by atoms with Crippen LogP contribution in [0.1, 0.15) is 6.42 Å². The third-order valence-corrected chi connectivity index (χ3v) is 2.73. The topological polar surface area (TPSA) is 0 Å². The van der Waals surface area contributed by atoms with Gasteiger partial charge in [0.05, 0.1) is 0 Å². The summed E-state index contributed by atoms with van der Waals surface area (Å²) in [5.74, 6) is -3.79. The van der Waals surface area contributed by atoms with Crippen LogP contribution in [-0.2, 0) is 0 Å². The normalized spacial score (nSPS) is 35.5. The molecule has 0 amide bonds. The van der Waals surface area contributed by atoms with E-state index < -0.39 is 43.5 Å². The van der Waals surface area contributed by atoms with Crippen molar-refractivity contribution in [3.05, 3.63) is 0 Å². The van der Waals surface area contributed by atoms with Crippen LogP contribution in [0.25, 0.3) is 0 Å². The Labute approximate surface area is 70.9 Å². The zero-order valence-corrected chi connectivity index (χ0v) is 6.60. The quantitative estimate of drug-likeness (QED) is 0.622. The van der Waals surface area contributed by atoms with Crippen LogP contribution in [0.5, 0.6) is 0 Å². The summed E-state index contributed by atoms with van der Waals surface area (Å²) in [6, 6.07) is 0. The van der Waals surface area contributed by atoms with Gasteiger partial charge in [0.1, 0.15) is 25.4 Å². The summed E-state index contributed by atoms with van der Waals surface area (Å²) in [5, 5.41) is 0. The molecule has 0 saturated heterocycles. The van der Waals surface area contributed by atoms with Crippen LogP contribution >= 0.6 is 0 Å². The van der Waals surface area contributed by atoms with E-state index in [9.17, 15) is 26.3 Å². The van der Waals surface area contributed by atoms with E-state index in [4.69, 9.17) is 0 Å². The lowest BCUT2D eigenvalue weighted by Gasteiger charge is -2.55. The highest BCUT2D eigenvalue weighted by atomic mass is 19.3. The number of hydrogen-bond donors (Lipinski definition) is 0. The molecule has 1 fully saturated rings. The van der Waals surface area contributed by atoms with E-state index in [1.54, 1.807) is 0 Å². The minimum Gasteiger partial charge on any atom is -0.250 e. The van der Waals surface area contributed by atoms with E-state index in [1.165, 1.54) is 0 Å². The Morgan fingerprint density at radius 2 is 1.31 bits per heavy atom. The average molecular weight is 206 g/mol. The molecule has 1 atom stereocenters. The van der Waals surface area contributed by atoms with Crippen LogP contribution < -0.4 is 0 Å². The molecule has 0 aromatic heterocycles. The maximum absolute atomic E-state index is 13.1. The molecule has 0 aromatic carbocycles. The second kappa shape index (κ2) is 2.78. The molecule has 1 aliphatic carbocycles. The Morgan fingerprint density at radius 1 is 0.846 bits per heavy atom. The Balaban J connectivity index is 2.98. The van der Waals surface area contributed by atoms with Crippen molar-refractivity contribution < 1.29 is 26.3 Å². The smallest absolute Gasteiger partial charge is 0.250 e. The molecule has 1 unspecified atom stereocenters. The third-order valence-electron chi connectivity index (χ3n) is 2.73. The summed E-state index contributed by atoms with van der Waals surface area (Å²) in [5.41, 5.74) is -6.16. The second-order valence-corrected chi connectivity index (χ2v) is 3.33.